The molecule has 0 bridgehead atoms. The van der Waals surface area contributed by atoms with Crippen LogP contribution in [-0.4, -0.2) is 0 Å². The Hall–Kier alpha value is -1.03. The van der Waals surface area contributed by atoms with E-state index in [-0.39, 0.29) is 5.82 Å². The van der Waals surface area contributed by atoms with Gasteiger partial charge in [0.25, 0.3) is 0 Å². The molecule has 0 aliphatic heterocycles. The zero-order valence-electron chi connectivity index (χ0n) is 9.70. The van der Waals surface area contributed by atoms with Crippen LogP contribution in [0.5, 0.6) is 0 Å². The monoisotopic (exact) mass is 281 g/mol. The largest absolute Gasteiger partial charge is 0.326 e. The van der Waals surface area contributed by atoms with Gasteiger partial charge in [-0.3, -0.25) is 0 Å². The molecule has 0 radical (unpaired) electrons. The molecule has 18 heavy (non-hydrogen) atoms. The number of benzene rings is 2. The smallest absolute Gasteiger partial charge is 0.124 e. The SMILES string of the molecule is NCc1cc(F)cc(SCc2ccc(Cl)cc2)c1. The summed E-state index contributed by atoms with van der Waals surface area (Å²) in [5, 5.41) is 0.722. The lowest BCUT2D eigenvalue weighted by Crippen LogP contribution is -1.97. The first kappa shape index (κ1) is 13.4. The summed E-state index contributed by atoms with van der Waals surface area (Å²) in [6.45, 7) is 0.353. The van der Waals surface area contributed by atoms with Gasteiger partial charge in [0.1, 0.15) is 5.82 Å². The first-order valence-corrected chi connectivity index (χ1v) is 6.90. The van der Waals surface area contributed by atoms with Crippen molar-refractivity contribution in [1.29, 1.82) is 0 Å². The molecule has 0 saturated carbocycles. The van der Waals surface area contributed by atoms with Gasteiger partial charge in [-0.05, 0) is 41.5 Å². The summed E-state index contributed by atoms with van der Waals surface area (Å²) in [4.78, 5) is 0.894. The van der Waals surface area contributed by atoms with Crippen LogP contribution in [0, 0.1) is 5.82 Å². The number of nitrogens with two attached hydrogens (primary N) is 1. The Morgan fingerprint density at radius 1 is 1.06 bits per heavy atom. The summed E-state index contributed by atoms with van der Waals surface area (Å²) in [7, 11) is 0. The van der Waals surface area contributed by atoms with E-state index in [1.807, 2.05) is 30.3 Å². The molecule has 0 heterocycles. The van der Waals surface area contributed by atoms with Gasteiger partial charge in [-0.1, -0.05) is 23.7 Å². The van der Waals surface area contributed by atoms with Crippen molar-refractivity contribution in [1.82, 2.24) is 0 Å². The minimum atomic E-state index is -0.239. The summed E-state index contributed by atoms with van der Waals surface area (Å²) in [6, 6.07) is 12.6. The molecular formula is C14H13ClFNS. The average molecular weight is 282 g/mol. The summed E-state index contributed by atoms with van der Waals surface area (Å²) < 4.78 is 13.3. The lowest BCUT2D eigenvalue weighted by Gasteiger charge is -2.05. The van der Waals surface area contributed by atoms with Crippen LogP contribution >= 0.6 is 23.4 Å². The zero-order chi connectivity index (χ0) is 13.0. The second-order valence-electron chi connectivity index (χ2n) is 3.91. The van der Waals surface area contributed by atoms with E-state index in [0.29, 0.717) is 6.54 Å². The van der Waals surface area contributed by atoms with Gasteiger partial charge in [0.05, 0.1) is 0 Å². The van der Waals surface area contributed by atoms with Crippen molar-refractivity contribution in [3.8, 4) is 0 Å². The average Bonchev–Trinajstić information content (AvgIpc) is 2.37. The molecule has 0 amide bonds. The van der Waals surface area contributed by atoms with Crippen molar-refractivity contribution in [3.05, 3.63) is 64.4 Å². The third-order valence-electron chi connectivity index (χ3n) is 2.49. The highest BCUT2D eigenvalue weighted by molar-refractivity contribution is 7.98. The molecule has 1 nitrogen and oxygen atoms in total. The minimum Gasteiger partial charge on any atom is -0.326 e. The van der Waals surface area contributed by atoms with E-state index in [2.05, 4.69) is 0 Å². The van der Waals surface area contributed by atoms with Gasteiger partial charge in [0, 0.05) is 22.2 Å². The van der Waals surface area contributed by atoms with Crippen molar-refractivity contribution < 1.29 is 4.39 Å². The molecule has 0 atom stereocenters. The van der Waals surface area contributed by atoms with Gasteiger partial charge in [-0.2, -0.15) is 0 Å². The zero-order valence-corrected chi connectivity index (χ0v) is 11.3. The Balaban J connectivity index is 2.05. The Morgan fingerprint density at radius 2 is 1.78 bits per heavy atom. The Kier molecular flexibility index (Phi) is 4.64. The summed E-state index contributed by atoms with van der Waals surface area (Å²) >= 11 is 7.40. The minimum absolute atomic E-state index is 0.239. The van der Waals surface area contributed by atoms with Gasteiger partial charge >= 0.3 is 0 Å². The molecule has 0 aliphatic rings. The highest BCUT2D eigenvalue weighted by Crippen LogP contribution is 2.25. The van der Waals surface area contributed by atoms with Crippen LogP contribution in [0.4, 0.5) is 4.39 Å². The van der Waals surface area contributed by atoms with Crippen LogP contribution in [0.3, 0.4) is 0 Å². The molecule has 2 aromatic rings. The molecule has 0 saturated heterocycles. The highest BCUT2D eigenvalue weighted by atomic mass is 35.5. The van der Waals surface area contributed by atoms with Crippen molar-refractivity contribution in [2.45, 2.75) is 17.2 Å². The Morgan fingerprint density at radius 3 is 2.44 bits per heavy atom. The number of thioether (sulfide) groups is 1. The molecule has 0 spiro atoms. The molecule has 0 aliphatic carbocycles. The van der Waals surface area contributed by atoms with Crippen molar-refractivity contribution in [2.24, 2.45) is 5.73 Å². The van der Waals surface area contributed by atoms with Gasteiger partial charge in [-0.25, -0.2) is 4.39 Å². The number of hydrogen-bond donors (Lipinski definition) is 1. The standard InChI is InChI=1S/C14H13ClFNS/c15-12-3-1-10(2-4-12)9-18-14-6-11(8-17)5-13(16)7-14/h1-7H,8-9,17H2. The molecule has 94 valence electrons. The number of hydrogen-bond acceptors (Lipinski definition) is 2. The summed E-state index contributed by atoms with van der Waals surface area (Å²) in [5.74, 6) is 0.543. The maximum absolute atomic E-state index is 13.3. The lowest BCUT2D eigenvalue weighted by atomic mass is 10.2. The van der Waals surface area contributed by atoms with Gasteiger partial charge in [0.2, 0.25) is 0 Å². The third kappa shape index (κ3) is 3.73. The Labute approximate surface area is 115 Å². The van der Waals surface area contributed by atoms with Crippen LogP contribution < -0.4 is 5.73 Å². The normalized spacial score (nSPS) is 10.6. The Bertz CT molecular complexity index is 528. The fourth-order valence-corrected chi connectivity index (χ4v) is 2.65. The second-order valence-corrected chi connectivity index (χ2v) is 5.40. The van der Waals surface area contributed by atoms with Crippen LogP contribution in [0.1, 0.15) is 11.1 Å². The predicted octanol–water partition coefficient (Wildman–Crippen LogP) is 4.23. The molecular weight excluding hydrogens is 269 g/mol. The fraction of sp³-hybridized carbons (Fsp3) is 0.143. The molecule has 2 N–H and O–H groups in total. The third-order valence-corrected chi connectivity index (χ3v) is 3.78. The summed E-state index contributed by atoms with van der Waals surface area (Å²) in [5.41, 5.74) is 7.49. The fourth-order valence-electron chi connectivity index (χ4n) is 1.57. The molecule has 0 aromatic heterocycles. The van der Waals surface area contributed by atoms with E-state index in [1.165, 1.54) is 12.1 Å². The topological polar surface area (TPSA) is 26.0 Å². The van der Waals surface area contributed by atoms with E-state index >= 15 is 0 Å². The summed E-state index contributed by atoms with van der Waals surface area (Å²) in [6.07, 6.45) is 0. The van der Waals surface area contributed by atoms with Crippen LogP contribution in [0.25, 0.3) is 0 Å². The van der Waals surface area contributed by atoms with E-state index in [4.69, 9.17) is 17.3 Å². The van der Waals surface area contributed by atoms with Gasteiger partial charge in [0.15, 0.2) is 0 Å². The van der Waals surface area contributed by atoms with Gasteiger partial charge in [-0.15, -0.1) is 11.8 Å². The van der Waals surface area contributed by atoms with Crippen molar-refractivity contribution >= 4 is 23.4 Å². The molecule has 0 unspecified atom stereocenters. The van der Waals surface area contributed by atoms with E-state index in [9.17, 15) is 4.39 Å². The first-order valence-electron chi connectivity index (χ1n) is 5.54. The quantitative estimate of drug-likeness (QED) is 0.849. The lowest BCUT2D eigenvalue weighted by molar-refractivity contribution is 0.621. The van der Waals surface area contributed by atoms with E-state index < -0.39 is 0 Å². The predicted molar refractivity (Wildman–Crippen MR) is 75.3 cm³/mol. The van der Waals surface area contributed by atoms with Crippen molar-refractivity contribution in [2.75, 3.05) is 0 Å². The van der Waals surface area contributed by atoms with Crippen molar-refractivity contribution in [3.63, 3.8) is 0 Å². The van der Waals surface area contributed by atoms with Crippen LogP contribution in [0.2, 0.25) is 5.02 Å². The second kappa shape index (κ2) is 6.23. The molecule has 4 heteroatoms. The van der Waals surface area contributed by atoms with Crippen LogP contribution in [-0.2, 0) is 12.3 Å². The van der Waals surface area contributed by atoms with E-state index in [0.717, 1.165) is 26.8 Å². The number of halogens is 2. The van der Waals surface area contributed by atoms with E-state index in [1.54, 1.807) is 11.8 Å². The maximum Gasteiger partial charge on any atom is 0.124 e. The molecule has 0 fully saturated rings. The highest BCUT2D eigenvalue weighted by Gasteiger charge is 2.01. The maximum atomic E-state index is 13.3. The molecule has 2 rings (SSSR count). The van der Waals surface area contributed by atoms with Gasteiger partial charge < -0.3 is 5.73 Å². The molecule has 2 aromatic carbocycles. The van der Waals surface area contributed by atoms with Crippen LogP contribution in [0.15, 0.2) is 47.4 Å². The number of rotatable bonds is 4. The first-order chi connectivity index (χ1) is 8.67.